The molecule has 3 N–H and O–H groups in total. The van der Waals surface area contributed by atoms with E-state index in [0.717, 1.165) is 24.3 Å². The van der Waals surface area contributed by atoms with E-state index in [0.29, 0.717) is 0 Å². The third-order valence-electron chi connectivity index (χ3n) is 5.29. The van der Waals surface area contributed by atoms with Gasteiger partial charge in [0.25, 0.3) is 0 Å². The van der Waals surface area contributed by atoms with E-state index in [1.807, 2.05) is 0 Å². The molecular weight excluding hydrogens is 329 g/mol. The van der Waals surface area contributed by atoms with E-state index in [-0.39, 0.29) is 24.1 Å². The molecule has 2 aliphatic carbocycles. The number of carbonyl (C=O) groups is 3. The van der Waals surface area contributed by atoms with Gasteiger partial charge in [-0.25, -0.2) is 4.39 Å². The molecule has 1 amide bonds. The van der Waals surface area contributed by atoms with Gasteiger partial charge in [0.15, 0.2) is 28.2 Å². The number of carbonyl (C=O) groups excluding carboxylic acids is 3. The number of fused-ring (bicyclic) bond motifs is 1. The zero-order chi connectivity index (χ0) is 18.0. The highest BCUT2D eigenvalue weighted by molar-refractivity contribution is 6.18. The molecule has 3 aliphatic rings. The van der Waals surface area contributed by atoms with Crippen LogP contribution in [0.15, 0.2) is 42.5 Å². The van der Waals surface area contributed by atoms with Crippen molar-refractivity contribution >= 4 is 23.2 Å². The lowest BCUT2D eigenvalue weighted by molar-refractivity contribution is -0.165. The molecule has 7 heteroatoms. The topological polar surface area (TPSA) is 104 Å². The molecule has 25 heavy (non-hydrogen) atoms. The highest BCUT2D eigenvalue weighted by Gasteiger charge is 2.74. The first-order valence-corrected chi connectivity index (χ1v) is 7.75. The Kier molecular flexibility index (Phi) is 2.99. The van der Waals surface area contributed by atoms with Crippen LogP contribution in [0.25, 0.3) is 0 Å². The summed E-state index contributed by atoms with van der Waals surface area (Å²) in [4.78, 5) is 38.0. The molecule has 6 nitrogen and oxygen atoms in total. The van der Waals surface area contributed by atoms with Crippen LogP contribution in [0.3, 0.4) is 0 Å². The molecule has 1 aromatic rings. The second-order valence-electron chi connectivity index (χ2n) is 6.49. The van der Waals surface area contributed by atoms with Gasteiger partial charge < -0.3 is 15.5 Å². The third-order valence-corrected chi connectivity index (χ3v) is 5.29. The van der Waals surface area contributed by atoms with Gasteiger partial charge >= 0.3 is 0 Å². The standard InChI is InChI=1S/C18H14FNO5/c19-10-5-6-12-11(9-10)18(15(23)20-12,16(24)7-1-3-13(16)21)17(25)8-2-4-14(17)22/h1-2,5-9,24-25H,3-4H2,(H,20,23). The largest absolute Gasteiger partial charge is 0.376 e. The molecule has 0 bridgehead atoms. The third kappa shape index (κ3) is 1.62. The molecule has 0 spiro atoms. The van der Waals surface area contributed by atoms with Crippen molar-refractivity contribution in [3.05, 3.63) is 53.9 Å². The van der Waals surface area contributed by atoms with E-state index in [4.69, 9.17) is 0 Å². The lowest BCUT2D eigenvalue weighted by Crippen LogP contribution is -2.71. The van der Waals surface area contributed by atoms with Gasteiger partial charge in [0.05, 0.1) is 0 Å². The fourth-order valence-corrected chi connectivity index (χ4v) is 4.16. The number of hydrogen-bond acceptors (Lipinski definition) is 5. The van der Waals surface area contributed by atoms with E-state index in [1.54, 1.807) is 0 Å². The predicted molar refractivity (Wildman–Crippen MR) is 84.1 cm³/mol. The van der Waals surface area contributed by atoms with Gasteiger partial charge in [0.2, 0.25) is 5.91 Å². The Morgan fingerprint density at radius 3 is 2.00 bits per heavy atom. The van der Waals surface area contributed by atoms with Crippen molar-refractivity contribution in [1.82, 2.24) is 0 Å². The number of benzene rings is 1. The molecule has 2 atom stereocenters. The number of amides is 1. The van der Waals surface area contributed by atoms with Crippen LogP contribution in [0, 0.1) is 5.82 Å². The minimum absolute atomic E-state index is 0.123. The summed E-state index contributed by atoms with van der Waals surface area (Å²) >= 11 is 0. The van der Waals surface area contributed by atoms with Crippen LogP contribution in [0.5, 0.6) is 0 Å². The van der Waals surface area contributed by atoms with Crippen LogP contribution in [0.4, 0.5) is 10.1 Å². The summed E-state index contributed by atoms with van der Waals surface area (Å²) in [6.07, 6.45) is 4.61. The smallest absolute Gasteiger partial charge is 0.242 e. The van der Waals surface area contributed by atoms with Gasteiger partial charge in [-0.15, -0.1) is 0 Å². The SMILES string of the molecule is O=C1CC=CC1(O)C1(C2(O)C=CCC2=O)C(=O)Nc2ccc(F)cc21. The average molecular weight is 343 g/mol. The van der Waals surface area contributed by atoms with Crippen LogP contribution < -0.4 is 5.32 Å². The van der Waals surface area contributed by atoms with Crippen LogP contribution in [-0.2, 0) is 19.8 Å². The fraction of sp³-hybridized carbons (Fsp3) is 0.278. The second kappa shape index (κ2) is 4.71. The zero-order valence-corrected chi connectivity index (χ0v) is 13.0. The molecule has 0 saturated carbocycles. The maximum Gasteiger partial charge on any atom is 0.242 e. The quantitative estimate of drug-likeness (QED) is 0.680. The lowest BCUT2D eigenvalue weighted by Gasteiger charge is -2.46. The minimum Gasteiger partial charge on any atom is -0.376 e. The Hall–Kier alpha value is -2.64. The minimum atomic E-state index is -2.48. The molecule has 1 aliphatic heterocycles. The van der Waals surface area contributed by atoms with E-state index in [9.17, 15) is 29.0 Å². The molecule has 4 rings (SSSR count). The van der Waals surface area contributed by atoms with Crippen molar-refractivity contribution < 1.29 is 29.0 Å². The number of hydrogen-bond donors (Lipinski definition) is 3. The normalized spacial score (nSPS) is 36.2. The predicted octanol–water partition coefficient (Wildman–Crippen LogP) is 0.536. The van der Waals surface area contributed by atoms with Gasteiger partial charge in [-0.3, -0.25) is 14.4 Å². The van der Waals surface area contributed by atoms with Crippen molar-refractivity contribution in [2.75, 3.05) is 5.32 Å². The monoisotopic (exact) mass is 343 g/mol. The van der Waals surface area contributed by atoms with Crippen molar-refractivity contribution in [2.24, 2.45) is 0 Å². The summed E-state index contributed by atoms with van der Waals surface area (Å²) in [5.41, 5.74) is -7.34. The summed E-state index contributed by atoms with van der Waals surface area (Å²) in [6, 6.07) is 3.33. The molecule has 0 saturated heterocycles. The number of ketones is 2. The number of rotatable bonds is 2. The Balaban J connectivity index is 2.13. The van der Waals surface area contributed by atoms with Gasteiger partial charge in [0, 0.05) is 24.1 Å². The first-order chi connectivity index (χ1) is 11.8. The lowest BCUT2D eigenvalue weighted by atomic mass is 9.57. The number of nitrogens with one attached hydrogen (secondary N) is 1. The van der Waals surface area contributed by atoms with E-state index in [2.05, 4.69) is 5.32 Å². The Morgan fingerprint density at radius 2 is 1.52 bits per heavy atom. The number of aliphatic hydroxyl groups is 2. The summed E-state index contributed by atoms with van der Waals surface area (Å²) in [5, 5.41) is 24.9. The summed E-state index contributed by atoms with van der Waals surface area (Å²) in [7, 11) is 0. The molecular formula is C18H14FNO5. The number of allylic oxidation sites excluding steroid dienone is 2. The molecule has 1 aromatic carbocycles. The highest BCUT2D eigenvalue weighted by Crippen LogP contribution is 2.56. The fourth-order valence-electron chi connectivity index (χ4n) is 4.16. The average Bonchev–Trinajstić information content (AvgIpc) is 3.16. The summed E-state index contributed by atoms with van der Waals surface area (Å²) < 4.78 is 13.9. The first-order valence-electron chi connectivity index (χ1n) is 7.75. The first kappa shape index (κ1) is 15.9. The van der Waals surface area contributed by atoms with Crippen LogP contribution in [-0.4, -0.2) is 38.9 Å². The maximum absolute atomic E-state index is 13.9. The molecule has 0 radical (unpaired) electrons. The Morgan fingerprint density at radius 1 is 0.960 bits per heavy atom. The maximum atomic E-state index is 13.9. The molecule has 0 aromatic heterocycles. The van der Waals surface area contributed by atoms with Crippen molar-refractivity contribution in [1.29, 1.82) is 0 Å². The summed E-state index contributed by atoms with van der Waals surface area (Å²) in [6.45, 7) is 0. The highest BCUT2D eigenvalue weighted by atomic mass is 19.1. The van der Waals surface area contributed by atoms with Crippen LogP contribution in [0.1, 0.15) is 18.4 Å². The van der Waals surface area contributed by atoms with E-state index < -0.39 is 39.9 Å². The van der Waals surface area contributed by atoms with Crippen molar-refractivity contribution in [3.63, 3.8) is 0 Å². The van der Waals surface area contributed by atoms with E-state index >= 15 is 0 Å². The Labute approximate surface area is 141 Å². The van der Waals surface area contributed by atoms with Crippen molar-refractivity contribution in [3.8, 4) is 0 Å². The van der Waals surface area contributed by atoms with Crippen LogP contribution >= 0.6 is 0 Å². The van der Waals surface area contributed by atoms with Gasteiger partial charge in [0.1, 0.15) is 5.82 Å². The van der Waals surface area contributed by atoms with E-state index in [1.165, 1.54) is 18.2 Å². The Bertz CT molecular complexity index is 867. The summed E-state index contributed by atoms with van der Waals surface area (Å²) in [5.74, 6) is -3.16. The van der Waals surface area contributed by atoms with Crippen LogP contribution in [0.2, 0.25) is 0 Å². The van der Waals surface area contributed by atoms with Gasteiger partial charge in [-0.05, 0) is 30.4 Å². The molecule has 0 fully saturated rings. The second-order valence-corrected chi connectivity index (χ2v) is 6.49. The van der Waals surface area contributed by atoms with Crippen molar-refractivity contribution in [2.45, 2.75) is 29.5 Å². The van der Waals surface area contributed by atoms with Gasteiger partial charge in [-0.2, -0.15) is 0 Å². The molecule has 2 unspecified atom stereocenters. The zero-order valence-electron chi connectivity index (χ0n) is 13.0. The number of halogens is 1. The molecule has 128 valence electrons. The number of anilines is 1. The molecule has 1 heterocycles. The van der Waals surface area contributed by atoms with Gasteiger partial charge in [-0.1, -0.05) is 12.2 Å². The number of Topliss-reactive ketones (excluding diaryl/α,β-unsaturated/α-hetero) is 2.